The largest absolute Gasteiger partial charge is 0.503 e. The molecule has 2 aromatic heterocycles. The number of para-hydroxylation sites is 1. The highest BCUT2D eigenvalue weighted by Crippen LogP contribution is 2.45. The molecule has 45 heavy (non-hydrogen) atoms. The zero-order valence-electron chi connectivity index (χ0n) is 24.6. The van der Waals surface area contributed by atoms with Gasteiger partial charge in [0, 0.05) is 5.39 Å². The van der Waals surface area contributed by atoms with E-state index in [0.29, 0.717) is 33.7 Å². The Balaban J connectivity index is 1.44. The Hall–Kier alpha value is -5.42. The average molecular weight is 625 g/mol. The van der Waals surface area contributed by atoms with Gasteiger partial charge in [0.05, 0.1) is 31.0 Å². The number of ether oxygens (including phenoxy) is 3. The number of methoxy groups -OCH3 is 1. The highest BCUT2D eigenvalue weighted by atomic mass is 32.1. The number of carbonyl (C=O) groups is 3. The number of rotatable bonds is 10. The minimum atomic E-state index is -1.14. The average Bonchev–Trinajstić information content (AvgIpc) is 3.74. The maximum atomic E-state index is 14.0. The van der Waals surface area contributed by atoms with Crippen LogP contribution in [0.2, 0.25) is 0 Å². The van der Waals surface area contributed by atoms with E-state index in [1.54, 1.807) is 56.3 Å². The number of carbonyl (C=O) groups excluding carboxylic acids is 3. The summed E-state index contributed by atoms with van der Waals surface area (Å²) in [6.45, 7) is 3.76. The molecule has 3 aromatic carbocycles. The normalized spacial score (nSPS) is 14.7. The Kier molecular flexibility index (Phi) is 8.10. The van der Waals surface area contributed by atoms with E-state index in [4.69, 9.17) is 18.6 Å². The van der Waals surface area contributed by atoms with Crippen molar-refractivity contribution >= 4 is 45.1 Å². The number of furan rings is 1. The first-order valence-corrected chi connectivity index (χ1v) is 14.9. The number of aliphatic hydroxyl groups excluding tert-OH is 1. The molecule has 1 unspecified atom stereocenters. The van der Waals surface area contributed by atoms with Crippen LogP contribution in [0.3, 0.4) is 0 Å². The molecule has 0 saturated carbocycles. The number of aliphatic hydroxyl groups is 1. The van der Waals surface area contributed by atoms with Gasteiger partial charge in [0.25, 0.3) is 5.91 Å². The SMILES string of the molecule is CCOC(=O)c1sc(N2C(=O)C(O)=C(C(=O)c3cc4ccccc4o3)C2c2ccc(OCc3ccccc3)c(OC)c2)nc1C. The molecule has 0 spiro atoms. The van der Waals surface area contributed by atoms with Gasteiger partial charge in [-0.1, -0.05) is 65.9 Å². The quantitative estimate of drug-likeness (QED) is 0.133. The standard InChI is InChI=1S/C34H28N2O8S/c1-4-42-33(40)31-19(2)35-34(45-31)36-28(22-14-15-24(25(17-22)41-3)43-18-20-10-6-5-7-11-20)27(30(38)32(36)39)29(37)26-16-21-12-8-9-13-23(21)44-26/h5-17,28,38H,4,18H2,1-3H3. The summed E-state index contributed by atoms with van der Waals surface area (Å²) in [7, 11) is 1.48. The van der Waals surface area contributed by atoms with Crippen LogP contribution >= 0.6 is 11.3 Å². The second-order valence-corrected chi connectivity index (χ2v) is 11.1. The van der Waals surface area contributed by atoms with Crippen LogP contribution in [0.15, 0.2) is 94.6 Å². The summed E-state index contributed by atoms with van der Waals surface area (Å²) in [6, 6.07) is 22.1. The van der Waals surface area contributed by atoms with Crippen molar-refractivity contribution in [3.8, 4) is 11.5 Å². The van der Waals surface area contributed by atoms with E-state index >= 15 is 0 Å². The van der Waals surface area contributed by atoms with Gasteiger partial charge < -0.3 is 23.7 Å². The van der Waals surface area contributed by atoms with Gasteiger partial charge in [-0.25, -0.2) is 9.78 Å². The van der Waals surface area contributed by atoms with Gasteiger partial charge in [-0.3, -0.25) is 14.5 Å². The van der Waals surface area contributed by atoms with E-state index in [9.17, 15) is 19.5 Å². The number of aromatic nitrogens is 1. The number of nitrogens with zero attached hydrogens (tertiary/aromatic N) is 2. The zero-order chi connectivity index (χ0) is 31.7. The predicted octanol–water partition coefficient (Wildman–Crippen LogP) is 6.74. The number of hydrogen-bond donors (Lipinski definition) is 1. The number of aryl methyl sites for hydroxylation is 1. The summed E-state index contributed by atoms with van der Waals surface area (Å²) < 4.78 is 22.7. The van der Waals surface area contributed by atoms with E-state index in [2.05, 4.69) is 4.98 Å². The van der Waals surface area contributed by atoms with E-state index in [1.807, 2.05) is 36.4 Å². The third-order valence-electron chi connectivity index (χ3n) is 7.29. The lowest BCUT2D eigenvalue weighted by Gasteiger charge is -2.25. The van der Waals surface area contributed by atoms with Crippen molar-refractivity contribution in [1.29, 1.82) is 0 Å². The molecule has 0 bridgehead atoms. The van der Waals surface area contributed by atoms with Gasteiger partial charge in [-0.05, 0) is 49.2 Å². The second-order valence-electron chi connectivity index (χ2n) is 10.1. The molecule has 1 aliphatic heterocycles. The number of amides is 1. The number of esters is 1. The lowest BCUT2D eigenvalue weighted by Crippen LogP contribution is -2.31. The van der Waals surface area contributed by atoms with Crippen molar-refractivity contribution in [1.82, 2.24) is 4.98 Å². The number of ketones is 1. The van der Waals surface area contributed by atoms with Gasteiger partial charge >= 0.3 is 5.97 Å². The van der Waals surface area contributed by atoms with Crippen LogP contribution in [0.25, 0.3) is 11.0 Å². The Morgan fingerprint density at radius 1 is 1.02 bits per heavy atom. The van der Waals surface area contributed by atoms with Crippen molar-refractivity contribution in [3.63, 3.8) is 0 Å². The molecule has 0 aliphatic carbocycles. The molecule has 1 amide bonds. The molecule has 0 fully saturated rings. The first kappa shape index (κ1) is 29.6. The maximum Gasteiger partial charge on any atom is 0.350 e. The zero-order valence-corrected chi connectivity index (χ0v) is 25.4. The number of anilines is 1. The van der Waals surface area contributed by atoms with Gasteiger partial charge in [0.1, 0.15) is 17.1 Å². The van der Waals surface area contributed by atoms with Crippen molar-refractivity contribution in [2.75, 3.05) is 18.6 Å². The van der Waals surface area contributed by atoms with Crippen LogP contribution in [0.1, 0.15) is 50.0 Å². The summed E-state index contributed by atoms with van der Waals surface area (Å²) in [6.07, 6.45) is 0. The fourth-order valence-corrected chi connectivity index (χ4v) is 6.14. The van der Waals surface area contributed by atoms with Crippen LogP contribution in [0.4, 0.5) is 5.13 Å². The fourth-order valence-electron chi connectivity index (χ4n) is 5.16. The molecule has 10 nitrogen and oxygen atoms in total. The van der Waals surface area contributed by atoms with Gasteiger partial charge in [-0.15, -0.1) is 0 Å². The molecular weight excluding hydrogens is 596 g/mol. The Morgan fingerprint density at radius 2 is 1.78 bits per heavy atom. The third-order valence-corrected chi connectivity index (χ3v) is 8.43. The second kappa shape index (κ2) is 12.3. The smallest absolute Gasteiger partial charge is 0.350 e. The lowest BCUT2D eigenvalue weighted by atomic mass is 9.95. The van der Waals surface area contributed by atoms with Crippen molar-refractivity contribution in [3.05, 3.63) is 118 Å². The molecule has 0 radical (unpaired) electrons. The summed E-state index contributed by atoms with van der Waals surface area (Å²) in [4.78, 5) is 46.3. The maximum absolute atomic E-state index is 14.0. The van der Waals surface area contributed by atoms with Crippen molar-refractivity contribution < 1.29 is 38.1 Å². The summed E-state index contributed by atoms with van der Waals surface area (Å²) in [5.41, 5.74) is 2.01. The molecule has 5 aromatic rings. The molecule has 0 saturated heterocycles. The first-order chi connectivity index (χ1) is 21.8. The number of fused-ring (bicyclic) bond motifs is 1. The van der Waals surface area contributed by atoms with E-state index < -0.39 is 29.5 Å². The van der Waals surface area contributed by atoms with E-state index in [-0.39, 0.29) is 34.6 Å². The number of thiazole rings is 1. The van der Waals surface area contributed by atoms with E-state index in [1.165, 1.54) is 12.0 Å². The first-order valence-electron chi connectivity index (χ1n) is 14.1. The van der Waals surface area contributed by atoms with Gasteiger partial charge in [-0.2, -0.15) is 0 Å². The summed E-state index contributed by atoms with van der Waals surface area (Å²) in [5.74, 6) is -2.12. The number of hydrogen-bond acceptors (Lipinski definition) is 10. The lowest BCUT2D eigenvalue weighted by molar-refractivity contribution is -0.117. The highest BCUT2D eigenvalue weighted by Gasteiger charge is 2.47. The van der Waals surface area contributed by atoms with Gasteiger partial charge in [0.15, 0.2) is 28.1 Å². The van der Waals surface area contributed by atoms with Crippen LogP contribution in [0, 0.1) is 6.92 Å². The molecule has 1 N–H and O–H groups in total. The van der Waals surface area contributed by atoms with Gasteiger partial charge in [0.2, 0.25) is 5.78 Å². The van der Waals surface area contributed by atoms with Crippen molar-refractivity contribution in [2.24, 2.45) is 0 Å². The molecule has 3 heterocycles. The summed E-state index contributed by atoms with van der Waals surface area (Å²) in [5, 5.41) is 12.0. The third kappa shape index (κ3) is 5.53. The fraction of sp³-hybridized carbons (Fsp3) is 0.176. The Labute approximate surface area is 262 Å². The minimum Gasteiger partial charge on any atom is -0.503 e. The van der Waals surface area contributed by atoms with Crippen molar-refractivity contribution in [2.45, 2.75) is 26.5 Å². The van der Waals surface area contributed by atoms with Crippen LogP contribution < -0.4 is 14.4 Å². The van der Waals surface area contributed by atoms with Crippen LogP contribution in [-0.2, 0) is 16.1 Å². The monoisotopic (exact) mass is 624 g/mol. The molecule has 1 atom stereocenters. The highest BCUT2D eigenvalue weighted by molar-refractivity contribution is 7.17. The number of Topliss-reactive ketones (excluding diaryl/α,β-unsaturated/α-hetero) is 1. The minimum absolute atomic E-state index is 0.0466. The Bertz CT molecular complexity index is 1930. The predicted molar refractivity (Wildman–Crippen MR) is 167 cm³/mol. The molecular formula is C34H28N2O8S. The van der Waals surface area contributed by atoms with Crippen LogP contribution in [0.5, 0.6) is 11.5 Å². The molecule has 228 valence electrons. The van der Waals surface area contributed by atoms with E-state index in [0.717, 1.165) is 16.9 Å². The Morgan fingerprint density at radius 3 is 2.51 bits per heavy atom. The summed E-state index contributed by atoms with van der Waals surface area (Å²) >= 11 is 0.932. The van der Waals surface area contributed by atoms with Crippen LogP contribution in [-0.4, -0.2) is 41.5 Å². The molecule has 6 rings (SSSR count). The molecule has 11 heteroatoms. The topological polar surface area (TPSA) is 128 Å². The number of benzene rings is 3. The molecule has 1 aliphatic rings.